The summed E-state index contributed by atoms with van der Waals surface area (Å²) in [4.78, 5) is 0. The van der Waals surface area contributed by atoms with Gasteiger partial charge in [-0.05, 0) is 29.8 Å². The Morgan fingerprint density at radius 2 is 2.25 bits per heavy atom. The molecule has 2 unspecified atom stereocenters. The van der Waals surface area contributed by atoms with Crippen LogP contribution in [0.5, 0.6) is 0 Å². The average molecular weight is 186 g/mol. The molecule has 0 N–H and O–H groups in total. The predicted octanol–water partition coefficient (Wildman–Crippen LogP) is 3.96. The third-order valence-corrected chi connectivity index (χ3v) is 4.27. The molecular weight excluding hydrogens is 164 g/mol. The summed E-state index contributed by atoms with van der Waals surface area (Å²) in [6.45, 7) is 4.67. The number of unbranched alkanes of at least 4 members (excludes halogenated alkanes) is 1. The molecule has 0 aliphatic carbocycles. The Kier molecular flexibility index (Phi) is 5.13. The van der Waals surface area contributed by atoms with Crippen LogP contribution in [0.1, 0.15) is 46.0 Å². The van der Waals surface area contributed by atoms with Crippen LogP contribution >= 0.6 is 11.8 Å². The van der Waals surface area contributed by atoms with Crippen molar-refractivity contribution in [1.29, 1.82) is 0 Å². The van der Waals surface area contributed by atoms with E-state index < -0.39 is 0 Å². The van der Waals surface area contributed by atoms with Gasteiger partial charge >= 0.3 is 0 Å². The van der Waals surface area contributed by atoms with Gasteiger partial charge in [0.2, 0.25) is 0 Å². The SMILES string of the molecule is CCCCC(CC)C1CCSC1. The van der Waals surface area contributed by atoms with E-state index in [1.807, 2.05) is 0 Å². The summed E-state index contributed by atoms with van der Waals surface area (Å²) in [5.74, 6) is 4.97. The summed E-state index contributed by atoms with van der Waals surface area (Å²) in [6, 6.07) is 0. The second-order valence-electron chi connectivity index (χ2n) is 3.93. The van der Waals surface area contributed by atoms with E-state index in [-0.39, 0.29) is 0 Å². The molecule has 12 heavy (non-hydrogen) atoms. The number of hydrogen-bond donors (Lipinski definition) is 0. The molecule has 1 heteroatoms. The average Bonchev–Trinajstić information content (AvgIpc) is 2.59. The van der Waals surface area contributed by atoms with Gasteiger partial charge in [-0.3, -0.25) is 0 Å². The summed E-state index contributed by atoms with van der Waals surface area (Å²) in [6.07, 6.45) is 7.20. The largest absolute Gasteiger partial charge is 0.162 e. The van der Waals surface area contributed by atoms with Crippen molar-refractivity contribution >= 4 is 11.8 Å². The zero-order chi connectivity index (χ0) is 8.81. The van der Waals surface area contributed by atoms with Gasteiger partial charge in [-0.1, -0.05) is 39.5 Å². The number of rotatable bonds is 5. The molecular formula is C11H22S. The maximum Gasteiger partial charge on any atom is -0.00362 e. The molecule has 1 saturated heterocycles. The Balaban J connectivity index is 2.22. The normalized spacial score (nSPS) is 26.0. The molecule has 2 atom stereocenters. The van der Waals surface area contributed by atoms with Crippen molar-refractivity contribution in [3.8, 4) is 0 Å². The molecule has 0 aromatic carbocycles. The quantitative estimate of drug-likeness (QED) is 0.626. The van der Waals surface area contributed by atoms with Gasteiger partial charge in [0.15, 0.2) is 0 Å². The lowest BCUT2D eigenvalue weighted by Gasteiger charge is -2.20. The van der Waals surface area contributed by atoms with Crippen molar-refractivity contribution in [3.63, 3.8) is 0 Å². The first-order chi connectivity index (χ1) is 5.88. The molecule has 1 heterocycles. The molecule has 72 valence electrons. The Labute approximate surface area is 81.5 Å². The predicted molar refractivity (Wildman–Crippen MR) is 58.7 cm³/mol. The van der Waals surface area contributed by atoms with Crippen LogP contribution in [0.3, 0.4) is 0 Å². The summed E-state index contributed by atoms with van der Waals surface area (Å²) in [5.41, 5.74) is 0. The summed E-state index contributed by atoms with van der Waals surface area (Å²) in [7, 11) is 0. The highest BCUT2D eigenvalue weighted by Crippen LogP contribution is 2.33. The molecule has 1 aliphatic rings. The molecule has 0 amide bonds. The topological polar surface area (TPSA) is 0 Å². The first-order valence-corrected chi connectivity index (χ1v) is 6.61. The van der Waals surface area contributed by atoms with Gasteiger partial charge in [0, 0.05) is 0 Å². The fraction of sp³-hybridized carbons (Fsp3) is 1.00. The zero-order valence-corrected chi connectivity index (χ0v) is 9.33. The Hall–Kier alpha value is 0.350. The summed E-state index contributed by atoms with van der Waals surface area (Å²) < 4.78 is 0. The lowest BCUT2D eigenvalue weighted by atomic mass is 9.86. The minimum Gasteiger partial charge on any atom is -0.162 e. The van der Waals surface area contributed by atoms with Crippen LogP contribution in [0.4, 0.5) is 0 Å². The fourth-order valence-corrected chi connectivity index (χ4v) is 3.54. The van der Waals surface area contributed by atoms with Gasteiger partial charge in [-0.15, -0.1) is 0 Å². The molecule has 0 radical (unpaired) electrons. The fourth-order valence-electron chi connectivity index (χ4n) is 2.16. The van der Waals surface area contributed by atoms with Crippen LogP contribution in [-0.2, 0) is 0 Å². The van der Waals surface area contributed by atoms with E-state index in [1.165, 1.54) is 43.6 Å². The van der Waals surface area contributed by atoms with E-state index in [0.29, 0.717) is 0 Å². The molecule has 0 aromatic rings. The van der Waals surface area contributed by atoms with Crippen LogP contribution in [-0.4, -0.2) is 11.5 Å². The van der Waals surface area contributed by atoms with Gasteiger partial charge in [0.05, 0.1) is 0 Å². The third kappa shape index (κ3) is 3.01. The van der Waals surface area contributed by atoms with Crippen molar-refractivity contribution in [2.24, 2.45) is 11.8 Å². The Morgan fingerprint density at radius 3 is 2.75 bits per heavy atom. The minimum absolute atomic E-state index is 1.04. The lowest BCUT2D eigenvalue weighted by molar-refractivity contribution is 0.324. The van der Waals surface area contributed by atoms with Crippen molar-refractivity contribution in [1.82, 2.24) is 0 Å². The van der Waals surface area contributed by atoms with E-state index in [9.17, 15) is 0 Å². The maximum absolute atomic E-state index is 2.36. The molecule has 0 aromatic heterocycles. The summed E-state index contributed by atoms with van der Waals surface area (Å²) >= 11 is 2.16. The smallest absolute Gasteiger partial charge is 0.00362 e. The van der Waals surface area contributed by atoms with Gasteiger partial charge in [0.25, 0.3) is 0 Å². The first kappa shape index (κ1) is 10.4. The van der Waals surface area contributed by atoms with E-state index >= 15 is 0 Å². The maximum atomic E-state index is 2.36. The molecule has 1 fully saturated rings. The molecule has 0 spiro atoms. The van der Waals surface area contributed by atoms with E-state index in [1.54, 1.807) is 0 Å². The lowest BCUT2D eigenvalue weighted by Crippen LogP contribution is -2.13. The number of hydrogen-bond acceptors (Lipinski definition) is 1. The van der Waals surface area contributed by atoms with Crippen LogP contribution in [0.25, 0.3) is 0 Å². The van der Waals surface area contributed by atoms with Gasteiger partial charge in [-0.25, -0.2) is 0 Å². The Bertz CT molecular complexity index is 106. The van der Waals surface area contributed by atoms with Crippen LogP contribution < -0.4 is 0 Å². The van der Waals surface area contributed by atoms with Gasteiger partial charge in [-0.2, -0.15) is 11.8 Å². The highest BCUT2D eigenvalue weighted by atomic mass is 32.2. The van der Waals surface area contributed by atoms with E-state index in [4.69, 9.17) is 0 Å². The van der Waals surface area contributed by atoms with Crippen molar-refractivity contribution in [2.75, 3.05) is 11.5 Å². The minimum atomic E-state index is 1.04. The van der Waals surface area contributed by atoms with Crippen LogP contribution in [0.2, 0.25) is 0 Å². The molecule has 0 nitrogen and oxygen atoms in total. The van der Waals surface area contributed by atoms with E-state index in [2.05, 4.69) is 25.6 Å². The number of thioether (sulfide) groups is 1. The van der Waals surface area contributed by atoms with Crippen LogP contribution in [0.15, 0.2) is 0 Å². The zero-order valence-electron chi connectivity index (χ0n) is 8.51. The van der Waals surface area contributed by atoms with Crippen molar-refractivity contribution in [2.45, 2.75) is 46.0 Å². The summed E-state index contributed by atoms with van der Waals surface area (Å²) in [5, 5.41) is 0. The van der Waals surface area contributed by atoms with Gasteiger partial charge < -0.3 is 0 Å². The Morgan fingerprint density at radius 1 is 1.42 bits per heavy atom. The molecule has 1 rings (SSSR count). The van der Waals surface area contributed by atoms with Crippen molar-refractivity contribution in [3.05, 3.63) is 0 Å². The molecule has 0 saturated carbocycles. The second kappa shape index (κ2) is 5.90. The molecule has 0 bridgehead atoms. The highest BCUT2D eigenvalue weighted by molar-refractivity contribution is 7.99. The van der Waals surface area contributed by atoms with Crippen LogP contribution in [0, 0.1) is 11.8 Å². The first-order valence-electron chi connectivity index (χ1n) is 5.46. The standard InChI is InChI=1S/C11H22S/c1-3-5-6-10(4-2)11-7-8-12-9-11/h10-11H,3-9H2,1-2H3. The second-order valence-corrected chi connectivity index (χ2v) is 5.08. The molecule has 1 aliphatic heterocycles. The monoisotopic (exact) mass is 186 g/mol. The van der Waals surface area contributed by atoms with E-state index in [0.717, 1.165) is 11.8 Å². The highest BCUT2D eigenvalue weighted by Gasteiger charge is 2.23. The van der Waals surface area contributed by atoms with Crippen molar-refractivity contribution < 1.29 is 0 Å². The van der Waals surface area contributed by atoms with Gasteiger partial charge in [0.1, 0.15) is 0 Å². The third-order valence-electron chi connectivity index (χ3n) is 3.08.